The van der Waals surface area contributed by atoms with Crippen molar-refractivity contribution in [1.82, 2.24) is 24.8 Å². The van der Waals surface area contributed by atoms with Gasteiger partial charge in [0.05, 0.1) is 18.8 Å². The Balaban J connectivity index is 1.16. The molecule has 34 heavy (non-hydrogen) atoms. The minimum atomic E-state index is -0.167. The molecule has 0 radical (unpaired) electrons. The Kier molecular flexibility index (Phi) is 6.60. The SMILES string of the molecule is O=C(CCc1ccccc1)N1CCN(C(=O)c2nnn3c2COC(c2ccc(Cl)cc2)C3)CC1. The highest BCUT2D eigenvalue weighted by Gasteiger charge is 2.32. The first kappa shape index (κ1) is 22.6. The van der Waals surface area contributed by atoms with Gasteiger partial charge < -0.3 is 14.5 Å². The average molecular weight is 480 g/mol. The average Bonchev–Trinajstić information content (AvgIpc) is 3.31. The van der Waals surface area contributed by atoms with Crippen LogP contribution in [0.2, 0.25) is 5.02 Å². The molecule has 176 valence electrons. The highest BCUT2D eigenvalue weighted by Crippen LogP contribution is 2.28. The largest absolute Gasteiger partial charge is 0.365 e. The third kappa shape index (κ3) is 4.83. The van der Waals surface area contributed by atoms with E-state index in [0.29, 0.717) is 55.6 Å². The van der Waals surface area contributed by atoms with E-state index in [4.69, 9.17) is 16.3 Å². The van der Waals surface area contributed by atoms with Crippen LogP contribution in [0.25, 0.3) is 0 Å². The molecule has 5 rings (SSSR count). The zero-order valence-electron chi connectivity index (χ0n) is 18.8. The molecular formula is C25H26ClN5O3. The monoisotopic (exact) mass is 479 g/mol. The van der Waals surface area contributed by atoms with Crippen LogP contribution in [0.4, 0.5) is 0 Å². The molecule has 0 spiro atoms. The number of benzene rings is 2. The number of piperazine rings is 1. The summed E-state index contributed by atoms with van der Waals surface area (Å²) < 4.78 is 7.76. The maximum absolute atomic E-state index is 13.1. The van der Waals surface area contributed by atoms with Gasteiger partial charge in [-0.15, -0.1) is 5.10 Å². The molecule has 1 fully saturated rings. The van der Waals surface area contributed by atoms with Crippen LogP contribution in [0.1, 0.15) is 39.8 Å². The van der Waals surface area contributed by atoms with E-state index in [2.05, 4.69) is 10.3 Å². The molecule has 2 aliphatic heterocycles. The van der Waals surface area contributed by atoms with Crippen LogP contribution in [0.3, 0.4) is 0 Å². The Morgan fingerprint density at radius 2 is 1.68 bits per heavy atom. The molecule has 1 saturated heterocycles. The van der Waals surface area contributed by atoms with Gasteiger partial charge in [-0.3, -0.25) is 9.59 Å². The van der Waals surface area contributed by atoms with Gasteiger partial charge in [0.25, 0.3) is 5.91 Å². The van der Waals surface area contributed by atoms with Crippen LogP contribution in [-0.2, 0) is 29.1 Å². The lowest BCUT2D eigenvalue weighted by molar-refractivity contribution is -0.132. The van der Waals surface area contributed by atoms with Crippen LogP contribution >= 0.6 is 11.6 Å². The summed E-state index contributed by atoms with van der Waals surface area (Å²) in [6.45, 7) is 2.77. The number of amides is 2. The Hall–Kier alpha value is -3.23. The van der Waals surface area contributed by atoms with Gasteiger partial charge >= 0.3 is 0 Å². The first-order valence-electron chi connectivity index (χ1n) is 11.5. The molecule has 1 aromatic heterocycles. The van der Waals surface area contributed by atoms with E-state index in [1.807, 2.05) is 59.5 Å². The third-order valence-electron chi connectivity index (χ3n) is 6.43. The topological polar surface area (TPSA) is 80.6 Å². The second-order valence-corrected chi connectivity index (χ2v) is 9.01. The molecular weight excluding hydrogens is 454 g/mol. The number of halogens is 1. The van der Waals surface area contributed by atoms with Crippen LogP contribution in [0.15, 0.2) is 54.6 Å². The number of carbonyl (C=O) groups excluding carboxylic acids is 2. The highest BCUT2D eigenvalue weighted by atomic mass is 35.5. The number of ether oxygens (including phenoxy) is 1. The normalized spacial score (nSPS) is 18.0. The quantitative estimate of drug-likeness (QED) is 0.561. The van der Waals surface area contributed by atoms with E-state index in [0.717, 1.165) is 17.5 Å². The van der Waals surface area contributed by atoms with Crippen molar-refractivity contribution in [3.63, 3.8) is 0 Å². The second-order valence-electron chi connectivity index (χ2n) is 8.58. The zero-order valence-corrected chi connectivity index (χ0v) is 19.5. The van der Waals surface area contributed by atoms with Crippen molar-refractivity contribution in [2.75, 3.05) is 26.2 Å². The molecule has 9 heteroatoms. The Bertz CT molecular complexity index is 1160. The predicted octanol–water partition coefficient (Wildman–Crippen LogP) is 3.12. The lowest BCUT2D eigenvalue weighted by Gasteiger charge is -2.34. The molecule has 2 aromatic carbocycles. The number of nitrogens with zero attached hydrogens (tertiary/aromatic N) is 5. The van der Waals surface area contributed by atoms with Gasteiger partial charge in [-0.05, 0) is 29.7 Å². The lowest BCUT2D eigenvalue weighted by atomic mass is 10.1. The number of aryl methyl sites for hydroxylation is 1. The summed E-state index contributed by atoms with van der Waals surface area (Å²) in [4.78, 5) is 29.3. The summed E-state index contributed by atoms with van der Waals surface area (Å²) in [5, 5.41) is 9.06. The number of carbonyl (C=O) groups is 2. The number of hydrogen-bond donors (Lipinski definition) is 0. The van der Waals surface area contributed by atoms with Crippen molar-refractivity contribution in [3.05, 3.63) is 82.1 Å². The van der Waals surface area contributed by atoms with Crippen LogP contribution in [0, 0.1) is 0 Å². The summed E-state index contributed by atoms with van der Waals surface area (Å²) in [7, 11) is 0. The molecule has 3 aromatic rings. The minimum absolute atomic E-state index is 0.124. The molecule has 3 heterocycles. The van der Waals surface area contributed by atoms with E-state index in [1.54, 1.807) is 9.58 Å². The second kappa shape index (κ2) is 9.95. The summed E-state index contributed by atoms with van der Waals surface area (Å²) >= 11 is 5.98. The molecule has 0 saturated carbocycles. The fourth-order valence-corrected chi connectivity index (χ4v) is 4.55. The van der Waals surface area contributed by atoms with Crippen molar-refractivity contribution in [1.29, 1.82) is 0 Å². The number of rotatable bonds is 5. The maximum atomic E-state index is 13.1. The standard InChI is InChI=1S/C25H26ClN5O3/c26-20-9-7-19(8-10-20)22-16-31-21(17-34-22)24(27-28-31)25(33)30-14-12-29(13-15-30)23(32)11-6-18-4-2-1-3-5-18/h1-5,7-10,22H,6,11-17H2. The number of hydrogen-bond acceptors (Lipinski definition) is 5. The van der Waals surface area contributed by atoms with E-state index in [-0.39, 0.29) is 24.5 Å². The van der Waals surface area contributed by atoms with Gasteiger partial charge in [-0.1, -0.05) is 59.3 Å². The van der Waals surface area contributed by atoms with E-state index < -0.39 is 0 Å². The van der Waals surface area contributed by atoms with Gasteiger partial charge in [0, 0.05) is 37.6 Å². The molecule has 2 aliphatic rings. The van der Waals surface area contributed by atoms with E-state index in [9.17, 15) is 9.59 Å². The van der Waals surface area contributed by atoms with E-state index in [1.165, 1.54) is 0 Å². The van der Waals surface area contributed by atoms with Crippen molar-refractivity contribution in [2.24, 2.45) is 0 Å². The molecule has 8 nitrogen and oxygen atoms in total. The predicted molar refractivity (Wildman–Crippen MR) is 126 cm³/mol. The van der Waals surface area contributed by atoms with Crippen molar-refractivity contribution >= 4 is 23.4 Å². The third-order valence-corrected chi connectivity index (χ3v) is 6.68. The molecule has 2 amide bonds. The van der Waals surface area contributed by atoms with Crippen molar-refractivity contribution in [2.45, 2.75) is 32.1 Å². The summed E-state index contributed by atoms with van der Waals surface area (Å²) in [6.07, 6.45) is 1.03. The van der Waals surface area contributed by atoms with Gasteiger partial charge in [0.2, 0.25) is 5.91 Å². The fourth-order valence-electron chi connectivity index (χ4n) is 4.42. The van der Waals surface area contributed by atoms with Crippen LogP contribution in [-0.4, -0.2) is 62.8 Å². The van der Waals surface area contributed by atoms with Crippen LogP contribution < -0.4 is 0 Å². The first-order chi connectivity index (χ1) is 16.6. The van der Waals surface area contributed by atoms with Gasteiger partial charge in [-0.25, -0.2) is 4.68 Å². The lowest BCUT2D eigenvalue weighted by Crippen LogP contribution is -2.50. The molecule has 0 N–H and O–H groups in total. The fraction of sp³-hybridized carbons (Fsp3) is 0.360. The van der Waals surface area contributed by atoms with Crippen LogP contribution in [0.5, 0.6) is 0 Å². The minimum Gasteiger partial charge on any atom is -0.365 e. The Labute approximate surface area is 203 Å². The molecule has 0 bridgehead atoms. The van der Waals surface area contributed by atoms with Gasteiger partial charge in [0.1, 0.15) is 6.10 Å². The van der Waals surface area contributed by atoms with E-state index >= 15 is 0 Å². The smallest absolute Gasteiger partial charge is 0.276 e. The zero-order chi connectivity index (χ0) is 23.5. The van der Waals surface area contributed by atoms with Crippen molar-refractivity contribution in [3.8, 4) is 0 Å². The summed E-state index contributed by atoms with van der Waals surface area (Å²) in [5.41, 5.74) is 3.18. The summed E-state index contributed by atoms with van der Waals surface area (Å²) in [6, 6.07) is 17.5. The number of fused-ring (bicyclic) bond motifs is 1. The molecule has 1 atom stereocenters. The highest BCUT2D eigenvalue weighted by molar-refractivity contribution is 6.30. The maximum Gasteiger partial charge on any atom is 0.276 e. The van der Waals surface area contributed by atoms with Crippen molar-refractivity contribution < 1.29 is 14.3 Å². The molecule has 0 aliphatic carbocycles. The summed E-state index contributed by atoms with van der Waals surface area (Å²) in [5.74, 6) is -0.0372. The van der Waals surface area contributed by atoms with Gasteiger partial charge in [-0.2, -0.15) is 0 Å². The van der Waals surface area contributed by atoms with Gasteiger partial charge in [0.15, 0.2) is 5.69 Å². The Morgan fingerprint density at radius 1 is 0.971 bits per heavy atom. The number of aromatic nitrogens is 3. The molecule has 1 unspecified atom stereocenters. The Morgan fingerprint density at radius 3 is 2.41 bits per heavy atom. The first-order valence-corrected chi connectivity index (χ1v) is 11.9.